The minimum absolute atomic E-state index is 0.157. The first-order valence-corrected chi connectivity index (χ1v) is 8.15. The first kappa shape index (κ1) is 16.1. The molecule has 0 aliphatic carbocycles. The molecule has 7 heteroatoms. The smallest absolute Gasteiger partial charge is 0.226 e. The van der Waals surface area contributed by atoms with Gasteiger partial charge in [-0.3, -0.25) is 0 Å². The molecule has 0 amide bonds. The minimum Gasteiger partial charge on any atom is -0.486 e. The maximum Gasteiger partial charge on any atom is 0.226 e. The van der Waals surface area contributed by atoms with Crippen LogP contribution in [0.5, 0.6) is 23.1 Å². The normalized spacial score (nSPS) is 15.3. The van der Waals surface area contributed by atoms with Crippen molar-refractivity contribution >= 4 is 5.95 Å². The van der Waals surface area contributed by atoms with Crippen LogP contribution in [-0.2, 0) is 0 Å². The number of ether oxygens (including phenoxy) is 3. The van der Waals surface area contributed by atoms with Gasteiger partial charge < -0.3 is 19.5 Å². The summed E-state index contributed by atoms with van der Waals surface area (Å²) in [5, 5.41) is 3.11. The number of rotatable bonds is 5. The molecule has 132 valence electrons. The van der Waals surface area contributed by atoms with E-state index in [9.17, 15) is 4.39 Å². The standard InChI is InChI=1S/C19H16FN3O3/c20-13-5-7-14(8-6-13)26-18-9-10-21-19(23-18)22-11-15-12-24-16-3-1-2-4-17(16)25-15/h1-10,15H,11-12H2,(H,21,22,23). The van der Waals surface area contributed by atoms with Crippen LogP contribution in [0.2, 0.25) is 0 Å². The van der Waals surface area contributed by atoms with E-state index in [2.05, 4.69) is 15.3 Å². The highest BCUT2D eigenvalue weighted by Crippen LogP contribution is 2.30. The van der Waals surface area contributed by atoms with Gasteiger partial charge in [-0.05, 0) is 36.4 Å². The number of nitrogens with zero attached hydrogens (tertiary/aromatic N) is 2. The highest BCUT2D eigenvalue weighted by atomic mass is 19.1. The topological polar surface area (TPSA) is 65.5 Å². The van der Waals surface area contributed by atoms with Crippen LogP contribution in [0.25, 0.3) is 0 Å². The number of halogens is 1. The lowest BCUT2D eigenvalue weighted by Crippen LogP contribution is -2.35. The van der Waals surface area contributed by atoms with E-state index in [4.69, 9.17) is 14.2 Å². The fraction of sp³-hybridized carbons (Fsp3) is 0.158. The quantitative estimate of drug-likeness (QED) is 0.755. The molecule has 0 bridgehead atoms. The summed E-state index contributed by atoms with van der Waals surface area (Å²) in [6.45, 7) is 0.921. The molecule has 1 aliphatic heterocycles. The molecule has 26 heavy (non-hydrogen) atoms. The summed E-state index contributed by atoms with van der Waals surface area (Å²) in [5.41, 5.74) is 0. The van der Waals surface area contributed by atoms with Gasteiger partial charge in [0.2, 0.25) is 11.8 Å². The van der Waals surface area contributed by atoms with Gasteiger partial charge in [0.25, 0.3) is 0 Å². The molecule has 1 N–H and O–H groups in total. The van der Waals surface area contributed by atoms with E-state index in [0.29, 0.717) is 30.7 Å². The zero-order valence-electron chi connectivity index (χ0n) is 13.8. The SMILES string of the molecule is Fc1ccc(Oc2ccnc(NCC3COc4ccccc4O3)n2)cc1. The lowest BCUT2D eigenvalue weighted by atomic mass is 10.2. The van der Waals surface area contributed by atoms with Crippen molar-refractivity contribution in [2.24, 2.45) is 0 Å². The Bertz CT molecular complexity index is 889. The van der Waals surface area contributed by atoms with Crippen molar-refractivity contribution in [1.29, 1.82) is 0 Å². The average Bonchev–Trinajstić information content (AvgIpc) is 2.68. The zero-order valence-corrected chi connectivity index (χ0v) is 13.8. The van der Waals surface area contributed by atoms with Crippen LogP contribution in [0.4, 0.5) is 10.3 Å². The Hall–Kier alpha value is -3.35. The van der Waals surface area contributed by atoms with E-state index in [0.717, 1.165) is 11.5 Å². The van der Waals surface area contributed by atoms with Crippen LogP contribution in [0.15, 0.2) is 60.8 Å². The van der Waals surface area contributed by atoms with Crippen molar-refractivity contribution in [2.75, 3.05) is 18.5 Å². The molecule has 1 unspecified atom stereocenters. The Labute approximate surface area is 149 Å². The molecule has 0 saturated carbocycles. The first-order valence-electron chi connectivity index (χ1n) is 8.15. The molecule has 1 atom stereocenters. The van der Waals surface area contributed by atoms with E-state index in [1.807, 2.05) is 24.3 Å². The van der Waals surface area contributed by atoms with E-state index < -0.39 is 0 Å². The Morgan fingerprint density at radius 3 is 2.73 bits per heavy atom. The molecular formula is C19H16FN3O3. The second-order valence-corrected chi connectivity index (χ2v) is 5.65. The number of fused-ring (bicyclic) bond motifs is 1. The lowest BCUT2D eigenvalue weighted by molar-refractivity contribution is 0.0996. The van der Waals surface area contributed by atoms with Gasteiger partial charge in [0.05, 0.1) is 6.54 Å². The molecular weight excluding hydrogens is 337 g/mol. The molecule has 1 aliphatic rings. The molecule has 0 saturated heterocycles. The Kier molecular flexibility index (Phi) is 4.51. The molecule has 6 nitrogen and oxygen atoms in total. The van der Waals surface area contributed by atoms with Crippen LogP contribution >= 0.6 is 0 Å². The second kappa shape index (κ2) is 7.26. The third-order valence-electron chi connectivity index (χ3n) is 3.72. The van der Waals surface area contributed by atoms with Crippen molar-refractivity contribution in [2.45, 2.75) is 6.10 Å². The fourth-order valence-corrected chi connectivity index (χ4v) is 2.48. The van der Waals surface area contributed by atoms with Gasteiger partial charge in [0.1, 0.15) is 24.3 Å². The van der Waals surface area contributed by atoms with Crippen LogP contribution in [-0.4, -0.2) is 29.2 Å². The first-order chi connectivity index (χ1) is 12.8. The summed E-state index contributed by atoms with van der Waals surface area (Å²) in [5.74, 6) is 2.41. The number of para-hydroxylation sites is 2. The van der Waals surface area contributed by atoms with Crippen molar-refractivity contribution in [3.05, 3.63) is 66.6 Å². The van der Waals surface area contributed by atoms with Gasteiger partial charge in [-0.2, -0.15) is 4.98 Å². The number of aromatic nitrogens is 2. The molecule has 0 spiro atoms. The summed E-state index contributed by atoms with van der Waals surface area (Å²) >= 11 is 0. The van der Waals surface area contributed by atoms with Gasteiger partial charge in [0.15, 0.2) is 11.5 Å². The second-order valence-electron chi connectivity index (χ2n) is 5.65. The molecule has 0 fully saturated rings. The Balaban J connectivity index is 1.36. The zero-order chi connectivity index (χ0) is 17.8. The number of benzene rings is 2. The monoisotopic (exact) mass is 353 g/mol. The highest BCUT2D eigenvalue weighted by Gasteiger charge is 2.20. The van der Waals surface area contributed by atoms with Crippen LogP contribution < -0.4 is 19.5 Å². The molecule has 2 heterocycles. The summed E-state index contributed by atoms with van der Waals surface area (Å²) < 4.78 is 30.1. The van der Waals surface area contributed by atoms with Gasteiger partial charge in [-0.25, -0.2) is 9.37 Å². The summed E-state index contributed by atoms with van der Waals surface area (Å²) in [6, 6.07) is 14.9. The van der Waals surface area contributed by atoms with Crippen LogP contribution in [0.3, 0.4) is 0 Å². The molecule has 1 aromatic heterocycles. The van der Waals surface area contributed by atoms with E-state index >= 15 is 0 Å². The number of anilines is 1. The van der Waals surface area contributed by atoms with Crippen LogP contribution in [0, 0.1) is 5.82 Å². The summed E-state index contributed by atoms with van der Waals surface area (Å²) in [6.07, 6.45) is 1.43. The third kappa shape index (κ3) is 3.83. The van der Waals surface area contributed by atoms with Crippen molar-refractivity contribution in [3.63, 3.8) is 0 Å². The predicted octanol–water partition coefficient (Wildman–Crippen LogP) is 3.66. The highest BCUT2D eigenvalue weighted by molar-refractivity contribution is 5.41. The number of hydrogen-bond acceptors (Lipinski definition) is 6. The minimum atomic E-state index is -0.321. The Morgan fingerprint density at radius 1 is 1.08 bits per heavy atom. The molecule has 4 rings (SSSR count). The molecule has 0 radical (unpaired) electrons. The summed E-state index contributed by atoms with van der Waals surface area (Å²) in [4.78, 5) is 8.45. The largest absolute Gasteiger partial charge is 0.486 e. The summed E-state index contributed by atoms with van der Waals surface area (Å²) in [7, 11) is 0. The van der Waals surface area contributed by atoms with Crippen molar-refractivity contribution in [3.8, 4) is 23.1 Å². The number of nitrogens with one attached hydrogen (secondary N) is 1. The van der Waals surface area contributed by atoms with E-state index in [1.54, 1.807) is 12.3 Å². The maximum absolute atomic E-state index is 12.9. The Morgan fingerprint density at radius 2 is 1.88 bits per heavy atom. The van der Waals surface area contributed by atoms with Gasteiger partial charge >= 0.3 is 0 Å². The molecule has 3 aromatic rings. The van der Waals surface area contributed by atoms with Crippen molar-refractivity contribution in [1.82, 2.24) is 9.97 Å². The third-order valence-corrected chi connectivity index (χ3v) is 3.72. The van der Waals surface area contributed by atoms with Gasteiger partial charge in [0, 0.05) is 12.3 Å². The lowest BCUT2D eigenvalue weighted by Gasteiger charge is -2.26. The fourth-order valence-electron chi connectivity index (χ4n) is 2.48. The van der Waals surface area contributed by atoms with E-state index in [-0.39, 0.29) is 11.9 Å². The molecule has 2 aromatic carbocycles. The van der Waals surface area contributed by atoms with Crippen LogP contribution in [0.1, 0.15) is 0 Å². The van der Waals surface area contributed by atoms with Crippen molar-refractivity contribution < 1.29 is 18.6 Å². The predicted molar refractivity (Wildman–Crippen MR) is 93.3 cm³/mol. The average molecular weight is 353 g/mol. The van der Waals surface area contributed by atoms with E-state index in [1.165, 1.54) is 24.3 Å². The number of hydrogen-bond donors (Lipinski definition) is 1. The van der Waals surface area contributed by atoms with Gasteiger partial charge in [-0.1, -0.05) is 12.1 Å². The maximum atomic E-state index is 12.9. The van der Waals surface area contributed by atoms with Gasteiger partial charge in [-0.15, -0.1) is 0 Å².